The van der Waals surface area contributed by atoms with Crippen molar-refractivity contribution in [3.8, 4) is 0 Å². The summed E-state index contributed by atoms with van der Waals surface area (Å²) >= 11 is 0. The van der Waals surface area contributed by atoms with Gasteiger partial charge in [0, 0.05) is 0 Å². The van der Waals surface area contributed by atoms with Gasteiger partial charge in [0.05, 0.1) is 6.61 Å². The van der Waals surface area contributed by atoms with E-state index < -0.39 is 30.5 Å². The van der Waals surface area contributed by atoms with Crippen LogP contribution in [0, 0.1) is 0 Å². The molecule has 0 aromatic heterocycles. The summed E-state index contributed by atoms with van der Waals surface area (Å²) in [6, 6.07) is 0. The van der Waals surface area contributed by atoms with E-state index in [2.05, 4.69) is 4.74 Å². The molecule has 1 unspecified atom stereocenters. The standard InChI is InChI=1S/C6H9FO4/c1-6(7)4(9)3(2-8)11-5(6)10/h3-4,8-9H,2H2,1H3/t3-,4+,6?/m1/s1. The summed E-state index contributed by atoms with van der Waals surface area (Å²) in [7, 11) is 0. The fraction of sp³-hybridized carbons (Fsp3) is 0.833. The lowest BCUT2D eigenvalue weighted by Gasteiger charge is -2.14. The summed E-state index contributed by atoms with van der Waals surface area (Å²) in [5, 5.41) is 17.5. The largest absolute Gasteiger partial charge is 0.455 e. The van der Waals surface area contributed by atoms with Gasteiger partial charge in [0.1, 0.15) is 6.10 Å². The number of carbonyl (C=O) groups is 1. The van der Waals surface area contributed by atoms with Crippen molar-refractivity contribution in [2.75, 3.05) is 6.61 Å². The number of cyclic esters (lactones) is 1. The Balaban J connectivity index is 2.80. The molecule has 1 saturated heterocycles. The quantitative estimate of drug-likeness (QED) is 0.487. The highest BCUT2D eigenvalue weighted by Gasteiger charge is 2.54. The molecule has 0 bridgehead atoms. The number of carbonyl (C=O) groups excluding carboxylic acids is 1. The minimum Gasteiger partial charge on any atom is -0.455 e. The fourth-order valence-corrected chi connectivity index (χ4v) is 0.924. The molecule has 1 aliphatic rings. The average molecular weight is 164 g/mol. The van der Waals surface area contributed by atoms with Gasteiger partial charge >= 0.3 is 5.97 Å². The van der Waals surface area contributed by atoms with Crippen LogP contribution in [0.15, 0.2) is 0 Å². The first-order valence-electron chi connectivity index (χ1n) is 3.19. The molecule has 4 nitrogen and oxygen atoms in total. The molecule has 5 heteroatoms. The summed E-state index contributed by atoms with van der Waals surface area (Å²) in [5.74, 6) is -1.12. The molecule has 1 rings (SSSR count). The number of aliphatic hydroxyl groups excluding tert-OH is 2. The molecule has 64 valence electrons. The molecular weight excluding hydrogens is 155 g/mol. The second-order valence-electron chi connectivity index (χ2n) is 2.65. The number of aliphatic hydroxyl groups is 2. The van der Waals surface area contributed by atoms with Crippen LogP contribution in [0.2, 0.25) is 0 Å². The number of alkyl halides is 1. The van der Waals surface area contributed by atoms with Gasteiger partial charge in [-0.2, -0.15) is 0 Å². The third kappa shape index (κ3) is 1.10. The molecule has 1 heterocycles. The van der Waals surface area contributed by atoms with Crippen molar-refractivity contribution in [1.29, 1.82) is 0 Å². The Bertz CT molecular complexity index is 179. The smallest absolute Gasteiger partial charge is 0.346 e. The van der Waals surface area contributed by atoms with Crippen LogP contribution in [-0.4, -0.2) is 40.7 Å². The van der Waals surface area contributed by atoms with Crippen molar-refractivity contribution in [2.24, 2.45) is 0 Å². The molecule has 0 radical (unpaired) electrons. The first-order valence-corrected chi connectivity index (χ1v) is 3.19. The molecule has 1 fully saturated rings. The minimum absolute atomic E-state index is 0.563. The van der Waals surface area contributed by atoms with Crippen molar-refractivity contribution in [2.45, 2.75) is 24.8 Å². The molecule has 0 amide bonds. The van der Waals surface area contributed by atoms with E-state index in [9.17, 15) is 9.18 Å². The Hall–Kier alpha value is -0.680. The van der Waals surface area contributed by atoms with Crippen molar-refractivity contribution in [3.63, 3.8) is 0 Å². The van der Waals surface area contributed by atoms with Crippen LogP contribution in [0.5, 0.6) is 0 Å². The highest BCUT2D eigenvalue weighted by atomic mass is 19.1. The van der Waals surface area contributed by atoms with Gasteiger partial charge < -0.3 is 14.9 Å². The summed E-state index contributed by atoms with van der Waals surface area (Å²) in [4.78, 5) is 10.6. The lowest BCUT2D eigenvalue weighted by Crippen LogP contribution is -2.40. The van der Waals surface area contributed by atoms with Crippen LogP contribution in [0.3, 0.4) is 0 Å². The van der Waals surface area contributed by atoms with Crippen LogP contribution in [0.1, 0.15) is 6.92 Å². The first-order chi connectivity index (χ1) is 5.00. The Morgan fingerprint density at radius 3 is 2.55 bits per heavy atom. The van der Waals surface area contributed by atoms with Crippen molar-refractivity contribution in [3.05, 3.63) is 0 Å². The zero-order chi connectivity index (χ0) is 8.65. The molecule has 0 saturated carbocycles. The van der Waals surface area contributed by atoms with Gasteiger partial charge in [-0.3, -0.25) is 0 Å². The van der Waals surface area contributed by atoms with Crippen LogP contribution in [0.25, 0.3) is 0 Å². The van der Waals surface area contributed by atoms with E-state index in [4.69, 9.17) is 10.2 Å². The molecular formula is C6H9FO4. The number of rotatable bonds is 1. The third-order valence-corrected chi connectivity index (χ3v) is 1.75. The Morgan fingerprint density at radius 1 is 1.82 bits per heavy atom. The predicted octanol–water partition coefficient (Wildman–Crippen LogP) is -1.01. The monoisotopic (exact) mass is 164 g/mol. The average Bonchev–Trinajstić information content (AvgIpc) is 2.14. The maximum Gasteiger partial charge on any atom is 0.346 e. The van der Waals surface area contributed by atoms with E-state index in [0.29, 0.717) is 0 Å². The third-order valence-electron chi connectivity index (χ3n) is 1.75. The highest BCUT2D eigenvalue weighted by molar-refractivity contribution is 5.82. The van der Waals surface area contributed by atoms with E-state index in [1.165, 1.54) is 0 Å². The van der Waals surface area contributed by atoms with Gasteiger partial charge in [0.2, 0.25) is 5.67 Å². The molecule has 2 N–H and O–H groups in total. The Morgan fingerprint density at radius 2 is 2.36 bits per heavy atom. The SMILES string of the molecule is CC1(F)C(=O)O[C@H](CO)[C@@H]1O. The van der Waals surface area contributed by atoms with Crippen LogP contribution in [0.4, 0.5) is 4.39 Å². The van der Waals surface area contributed by atoms with Gasteiger partial charge in [-0.1, -0.05) is 0 Å². The summed E-state index contributed by atoms with van der Waals surface area (Å²) in [6.07, 6.45) is -2.70. The number of esters is 1. The number of hydrogen-bond acceptors (Lipinski definition) is 4. The topological polar surface area (TPSA) is 66.8 Å². The highest BCUT2D eigenvalue weighted by Crippen LogP contribution is 2.29. The van der Waals surface area contributed by atoms with Crippen molar-refractivity contribution in [1.82, 2.24) is 0 Å². The molecule has 0 aromatic rings. The Labute approximate surface area is 62.6 Å². The maximum atomic E-state index is 13.0. The molecule has 3 atom stereocenters. The number of ether oxygens (including phenoxy) is 1. The summed E-state index contributed by atoms with van der Waals surface area (Å²) < 4.78 is 17.3. The Kier molecular flexibility index (Phi) is 1.85. The van der Waals surface area contributed by atoms with Gasteiger partial charge in [-0.15, -0.1) is 0 Å². The van der Waals surface area contributed by atoms with E-state index in [-0.39, 0.29) is 0 Å². The molecule has 0 aliphatic carbocycles. The molecule has 1 aliphatic heterocycles. The predicted molar refractivity (Wildman–Crippen MR) is 32.5 cm³/mol. The van der Waals surface area contributed by atoms with E-state index in [1.807, 2.05) is 0 Å². The normalized spacial score (nSPS) is 44.2. The van der Waals surface area contributed by atoms with E-state index in [1.54, 1.807) is 0 Å². The zero-order valence-electron chi connectivity index (χ0n) is 5.95. The van der Waals surface area contributed by atoms with E-state index >= 15 is 0 Å². The van der Waals surface area contributed by atoms with Gasteiger partial charge in [0.25, 0.3) is 0 Å². The van der Waals surface area contributed by atoms with Gasteiger partial charge in [0.15, 0.2) is 6.10 Å². The fourth-order valence-electron chi connectivity index (χ4n) is 0.924. The van der Waals surface area contributed by atoms with Crippen LogP contribution in [-0.2, 0) is 9.53 Å². The number of halogens is 1. The second-order valence-corrected chi connectivity index (χ2v) is 2.65. The summed E-state index contributed by atoms with van der Waals surface area (Å²) in [6.45, 7) is 0.363. The minimum atomic E-state index is -2.38. The van der Waals surface area contributed by atoms with Gasteiger partial charge in [-0.05, 0) is 6.92 Å². The first kappa shape index (κ1) is 8.42. The molecule has 0 spiro atoms. The van der Waals surface area contributed by atoms with E-state index in [0.717, 1.165) is 6.92 Å². The van der Waals surface area contributed by atoms with Gasteiger partial charge in [-0.25, -0.2) is 9.18 Å². The van der Waals surface area contributed by atoms with Crippen LogP contribution >= 0.6 is 0 Å². The summed E-state index contributed by atoms with van der Waals surface area (Å²) in [5.41, 5.74) is -2.38. The molecule has 0 aromatic carbocycles. The maximum absolute atomic E-state index is 13.0. The van der Waals surface area contributed by atoms with Crippen LogP contribution < -0.4 is 0 Å². The lowest BCUT2D eigenvalue weighted by atomic mass is 10.0. The zero-order valence-corrected chi connectivity index (χ0v) is 5.95. The molecule has 11 heavy (non-hydrogen) atoms. The van der Waals surface area contributed by atoms with Crippen molar-refractivity contribution >= 4 is 5.97 Å². The second kappa shape index (κ2) is 2.42. The number of hydrogen-bond donors (Lipinski definition) is 2. The lowest BCUT2D eigenvalue weighted by molar-refractivity contribution is -0.150. The van der Waals surface area contributed by atoms with Crippen molar-refractivity contribution < 1.29 is 24.1 Å².